The van der Waals surface area contributed by atoms with Crippen LogP contribution in [0.4, 0.5) is 0 Å². The van der Waals surface area contributed by atoms with Gasteiger partial charge < -0.3 is 9.64 Å². The molecule has 0 fully saturated rings. The second kappa shape index (κ2) is 10.8. The molecule has 0 unspecified atom stereocenters. The van der Waals surface area contributed by atoms with Gasteiger partial charge in [0.15, 0.2) is 0 Å². The molecule has 0 saturated carbocycles. The van der Waals surface area contributed by atoms with E-state index in [1.165, 1.54) is 4.70 Å². The Morgan fingerprint density at radius 1 is 0.938 bits per heavy atom. The number of thiazole rings is 1. The number of hydrogen-bond acceptors (Lipinski definition) is 5. The summed E-state index contributed by atoms with van der Waals surface area (Å²) < 4.78 is 7.37. The Morgan fingerprint density at radius 3 is 2.47 bits per heavy atom. The number of fused-ring (bicyclic) bond motifs is 2. The first-order valence-electron chi connectivity index (χ1n) is 11.4. The molecule has 0 bridgehead atoms. The molecular formula is C26H29N3OS2. The smallest absolute Gasteiger partial charge is 0.146 e. The van der Waals surface area contributed by atoms with Crippen molar-refractivity contribution in [2.75, 3.05) is 19.7 Å². The van der Waals surface area contributed by atoms with E-state index in [1.807, 2.05) is 36.4 Å². The highest BCUT2D eigenvalue weighted by atomic mass is 32.1. The van der Waals surface area contributed by atoms with Gasteiger partial charge in [-0.25, -0.2) is 9.97 Å². The van der Waals surface area contributed by atoms with E-state index in [4.69, 9.17) is 26.9 Å². The number of para-hydroxylation sites is 2. The summed E-state index contributed by atoms with van der Waals surface area (Å²) in [5, 5.41) is 1.97. The maximum absolute atomic E-state index is 6.21. The summed E-state index contributed by atoms with van der Waals surface area (Å²) in [6, 6.07) is 18.3. The largest absolute Gasteiger partial charge is 0.484 e. The average Bonchev–Trinajstić information content (AvgIpc) is 3.26. The van der Waals surface area contributed by atoms with Crippen LogP contribution in [0.25, 0.3) is 31.8 Å². The lowest BCUT2D eigenvalue weighted by Crippen LogP contribution is -2.35. The fourth-order valence-electron chi connectivity index (χ4n) is 3.63. The lowest BCUT2D eigenvalue weighted by atomic mass is 10.2. The summed E-state index contributed by atoms with van der Waals surface area (Å²) in [4.78, 5) is 12.9. The predicted molar refractivity (Wildman–Crippen MR) is 140 cm³/mol. The number of hydrogen-bond donors (Lipinski definition) is 0. The Labute approximate surface area is 199 Å². The molecule has 6 heteroatoms. The van der Waals surface area contributed by atoms with Crippen LogP contribution < -0.4 is 4.74 Å². The number of nitrogens with zero attached hydrogens (tertiary/aromatic N) is 3. The molecule has 2 heterocycles. The molecule has 2 aromatic carbocycles. The van der Waals surface area contributed by atoms with Crippen molar-refractivity contribution in [2.24, 2.45) is 0 Å². The van der Waals surface area contributed by atoms with Crippen molar-refractivity contribution < 1.29 is 4.74 Å². The van der Waals surface area contributed by atoms with Crippen LogP contribution in [0.5, 0.6) is 5.75 Å². The van der Waals surface area contributed by atoms with Crippen molar-refractivity contribution in [1.82, 2.24) is 14.9 Å². The zero-order valence-corrected chi connectivity index (χ0v) is 20.3. The van der Waals surface area contributed by atoms with Crippen molar-refractivity contribution >= 4 is 49.7 Å². The number of rotatable bonds is 10. The summed E-state index contributed by atoms with van der Waals surface area (Å²) >= 11 is 7.40. The highest BCUT2D eigenvalue weighted by Crippen LogP contribution is 2.32. The molecule has 0 atom stereocenters. The molecule has 4 aromatic rings. The molecule has 2 aromatic heterocycles. The quantitative estimate of drug-likeness (QED) is 0.234. The van der Waals surface area contributed by atoms with Crippen LogP contribution >= 0.6 is 23.6 Å². The van der Waals surface area contributed by atoms with E-state index in [9.17, 15) is 0 Å². The number of ether oxygens (including phenoxy) is 1. The van der Waals surface area contributed by atoms with E-state index >= 15 is 0 Å². The third-order valence-electron chi connectivity index (χ3n) is 5.46. The summed E-state index contributed by atoms with van der Waals surface area (Å²) in [5.74, 6) is 0.763. The molecule has 0 radical (unpaired) electrons. The second-order valence-corrected chi connectivity index (χ2v) is 9.39. The van der Waals surface area contributed by atoms with Gasteiger partial charge in [0.2, 0.25) is 0 Å². The Morgan fingerprint density at radius 2 is 1.72 bits per heavy atom. The van der Waals surface area contributed by atoms with Gasteiger partial charge in [-0.15, -0.1) is 11.3 Å². The van der Waals surface area contributed by atoms with Gasteiger partial charge in [-0.1, -0.05) is 69.2 Å². The standard InChI is InChI=1S/C26H29N3OS2/c1-3-5-16-29(17-6-4-2)24(31)18-30-22-12-9-10-19-14-15-21(27-25(19)22)26-28-20-11-7-8-13-23(20)32-26/h7-15H,3-6,16-18H2,1-2H3. The minimum atomic E-state index is 0.398. The predicted octanol–water partition coefficient (Wildman–Crippen LogP) is 7.12. The number of thiocarbonyl (C=S) groups is 1. The number of benzene rings is 2. The molecule has 4 rings (SSSR count). The normalized spacial score (nSPS) is 11.2. The van der Waals surface area contributed by atoms with Crippen LogP contribution in [0.15, 0.2) is 54.6 Å². The van der Waals surface area contributed by atoms with Crippen molar-refractivity contribution in [2.45, 2.75) is 39.5 Å². The minimum Gasteiger partial charge on any atom is -0.484 e. The average molecular weight is 464 g/mol. The first-order chi connectivity index (χ1) is 15.7. The van der Waals surface area contributed by atoms with Crippen molar-refractivity contribution in [3.8, 4) is 16.5 Å². The molecule has 0 amide bonds. The number of aromatic nitrogens is 2. The molecule has 4 nitrogen and oxygen atoms in total. The molecule has 0 spiro atoms. The molecule has 0 N–H and O–H groups in total. The third kappa shape index (κ3) is 5.25. The monoisotopic (exact) mass is 463 g/mol. The Bertz CT molecular complexity index is 1160. The topological polar surface area (TPSA) is 38.2 Å². The van der Waals surface area contributed by atoms with Gasteiger partial charge >= 0.3 is 0 Å². The molecule has 0 aliphatic heterocycles. The van der Waals surface area contributed by atoms with Gasteiger partial charge in [0.1, 0.15) is 27.9 Å². The SMILES string of the molecule is CCCCN(CCCC)C(=S)COc1cccc2ccc(-c3nc4ccccc4s3)nc12. The van der Waals surface area contributed by atoms with Crippen LogP contribution in [-0.4, -0.2) is 39.6 Å². The lowest BCUT2D eigenvalue weighted by Gasteiger charge is -2.25. The van der Waals surface area contributed by atoms with Crippen LogP contribution in [0.2, 0.25) is 0 Å². The summed E-state index contributed by atoms with van der Waals surface area (Å²) in [6.07, 6.45) is 4.61. The third-order valence-corrected chi connectivity index (χ3v) is 6.90. The van der Waals surface area contributed by atoms with Crippen molar-refractivity contribution in [3.63, 3.8) is 0 Å². The fraction of sp³-hybridized carbons (Fsp3) is 0.346. The van der Waals surface area contributed by atoms with Gasteiger partial charge in [-0.05, 0) is 37.1 Å². The zero-order valence-electron chi connectivity index (χ0n) is 18.7. The highest BCUT2D eigenvalue weighted by Gasteiger charge is 2.13. The summed E-state index contributed by atoms with van der Waals surface area (Å²) in [7, 11) is 0. The van der Waals surface area contributed by atoms with E-state index in [0.717, 1.165) is 76.6 Å². The molecule has 32 heavy (non-hydrogen) atoms. The minimum absolute atomic E-state index is 0.398. The van der Waals surface area contributed by atoms with Gasteiger partial charge in [0.05, 0.1) is 15.9 Å². The van der Waals surface area contributed by atoms with Gasteiger partial charge in [0, 0.05) is 18.5 Å². The highest BCUT2D eigenvalue weighted by molar-refractivity contribution is 7.80. The Kier molecular flexibility index (Phi) is 7.66. The maximum Gasteiger partial charge on any atom is 0.146 e. The van der Waals surface area contributed by atoms with E-state index in [-0.39, 0.29) is 0 Å². The first kappa shape index (κ1) is 22.6. The molecule has 0 aliphatic carbocycles. The van der Waals surface area contributed by atoms with E-state index in [1.54, 1.807) is 11.3 Å². The Balaban J connectivity index is 1.56. The number of pyridine rings is 1. The maximum atomic E-state index is 6.21. The van der Waals surface area contributed by atoms with E-state index in [0.29, 0.717) is 6.61 Å². The first-order valence-corrected chi connectivity index (χ1v) is 12.6. The fourth-order valence-corrected chi connectivity index (χ4v) is 4.80. The molecular weight excluding hydrogens is 434 g/mol. The van der Waals surface area contributed by atoms with Crippen LogP contribution in [-0.2, 0) is 0 Å². The van der Waals surface area contributed by atoms with Gasteiger partial charge in [-0.3, -0.25) is 0 Å². The zero-order chi connectivity index (χ0) is 22.3. The van der Waals surface area contributed by atoms with Gasteiger partial charge in [-0.2, -0.15) is 0 Å². The van der Waals surface area contributed by atoms with Crippen molar-refractivity contribution in [1.29, 1.82) is 0 Å². The van der Waals surface area contributed by atoms with E-state index in [2.05, 4.69) is 36.9 Å². The van der Waals surface area contributed by atoms with Gasteiger partial charge in [0.25, 0.3) is 0 Å². The van der Waals surface area contributed by atoms with Crippen LogP contribution in [0.1, 0.15) is 39.5 Å². The Hall–Kier alpha value is -2.57. The van der Waals surface area contributed by atoms with Crippen LogP contribution in [0, 0.1) is 0 Å². The second-order valence-electron chi connectivity index (χ2n) is 7.89. The molecule has 0 aliphatic rings. The summed E-state index contributed by atoms with van der Waals surface area (Å²) in [5.41, 5.74) is 2.72. The van der Waals surface area contributed by atoms with E-state index < -0.39 is 0 Å². The molecule has 166 valence electrons. The van der Waals surface area contributed by atoms with Crippen molar-refractivity contribution in [3.05, 3.63) is 54.6 Å². The van der Waals surface area contributed by atoms with Crippen LogP contribution in [0.3, 0.4) is 0 Å². The number of unbranched alkanes of at least 4 members (excludes halogenated alkanes) is 2. The molecule has 0 saturated heterocycles. The lowest BCUT2D eigenvalue weighted by molar-refractivity contribution is 0.336. The summed E-state index contributed by atoms with van der Waals surface area (Å²) in [6.45, 7) is 6.81.